The van der Waals surface area contributed by atoms with Crippen molar-refractivity contribution in [2.75, 3.05) is 45.0 Å². The molecule has 0 bridgehead atoms. The van der Waals surface area contributed by atoms with Crippen molar-refractivity contribution in [1.29, 1.82) is 0 Å². The van der Waals surface area contributed by atoms with Gasteiger partial charge in [-0.25, -0.2) is 0 Å². The van der Waals surface area contributed by atoms with Crippen LogP contribution in [0.15, 0.2) is 0 Å². The zero-order chi connectivity index (χ0) is 10.3. The van der Waals surface area contributed by atoms with E-state index < -0.39 is 10.3 Å². The molecule has 0 aliphatic heterocycles. The lowest BCUT2D eigenvalue weighted by molar-refractivity contribution is 0.304. The summed E-state index contributed by atoms with van der Waals surface area (Å²) < 4.78 is 5.45. The van der Waals surface area contributed by atoms with Crippen molar-refractivity contribution in [1.82, 2.24) is 4.90 Å². The van der Waals surface area contributed by atoms with E-state index in [-0.39, 0.29) is 0 Å². The van der Waals surface area contributed by atoms with E-state index in [1.807, 2.05) is 7.11 Å². The van der Waals surface area contributed by atoms with E-state index in [1.54, 1.807) is 0 Å². The molecule has 0 aromatic rings. The molecule has 2 nitrogen and oxygen atoms in total. The van der Waals surface area contributed by atoms with Crippen molar-refractivity contribution in [3.8, 4) is 0 Å². The second-order valence-corrected chi connectivity index (χ2v) is 7.30. The molecule has 0 aromatic heterocycles. The van der Waals surface area contributed by atoms with Crippen LogP contribution in [0.4, 0.5) is 0 Å². The van der Waals surface area contributed by atoms with Gasteiger partial charge in [0.15, 0.2) is 0 Å². The molecule has 0 amide bonds. The predicted molar refractivity (Wildman–Crippen MR) is 63.7 cm³/mol. The van der Waals surface area contributed by atoms with Gasteiger partial charge in [0.1, 0.15) is 0 Å². The maximum absolute atomic E-state index is 5.45. The van der Waals surface area contributed by atoms with Gasteiger partial charge in [-0.1, -0.05) is 13.8 Å². The van der Waals surface area contributed by atoms with E-state index in [1.165, 1.54) is 31.8 Å². The lowest BCUT2D eigenvalue weighted by Gasteiger charge is -2.30. The van der Waals surface area contributed by atoms with Crippen LogP contribution in [0.2, 0.25) is 0 Å². The second kappa shape index (κ2) is 6.68. The predicted octanol–water partition coefficient (Wildman–Crippen LogP) is 2.34. The minimum atomic E-state index is -0.758. The average Bonchev–Trinajstić information content (AvgIpc) is 2.12. The fourth-order valence-electron chi connectivity index (χ4n) is 1.26. The molecular formula is C10H25NOS. The van der Waals surface area contributed by atoms with Crippen LogP contribution in [0.1, 0.15) is 20.3 Å². The summed E-state index contributed by atoms with van der Waals surface area (Å²) in [6.45, 7) is 7.99. The van der Waals surface area contributed by atoms with Crippen LogP contribution in [-0.4, -0.2) is 49.9 Å². The molecule has 0 aliphatic rings. The Kier molecular flexibility index (Phi) is 6.82. The molecule has 0 aromatic carbocycles. The van der Waals surface area contributed by atoms with Crippen LogP contribution in [0.3, 0.4) is 0 Å². The minimum absolute atomic E-state index is 0.758. The second-order valence-electron chi connectivity index (χ2n) is 3.69. The zero-order valence-electron chi connectivity index (χ0n) is 9.80. The van der Waals surface area contributed by atoms with Gasteiger partial charge < -0.3 is 9.08 Å². The van der Waals surface area contributed by atoms with E-state index >= 15 is 0 Å². The van der Waals surface area contributed by atoms with Gasteiger partial charge in [0, 0.05) is 7.11 Å². The summed E-state index contributed by atoms with van der Waals surface area (Å²) in [5, 5.41) is 0. The first-order valence-corrected chi connectivity index (χ1v) is 7.59. The summed E-state index contributed by atoms with van der Waals surface area (Å²) in [6, 6.07) is 0. The van der Waals surface area contributed by atoms with Gasteiger partial charge in [0.2, 0.25) is 0 Å². The van der Waals surface area contributed by atoms with E-state index in [4.69, 9.17) is 4.18 Å². The molecule has 0 spiro atoms. The van der Waals surface area contributed by atoms with Gasteiger partial charge in [0.05, 0.1) is 0 Å². The van der Waals surface area contributed by atoms with Crippen LogP contribution < -0.4 is 0 Å². The van der Waals surface area contributed by atoms with Crippen molar-refractivity contribution in [2.45, 2.75) is 20.3 Å². The van der Waals surface area contributed by atoms with E-state index in [9.17, 15) is 0 Å². The first-order chi connectivity index (χ1) is 6.05. The van der Waals surface area contributed by atoms with Crippen LogP contribution in [0.25, 0.3) is 0 Å². The van der Waals surface area contributed by atoms with Gasteiger partial charge in [-0.05, 0) is 44.3 Å². The highest BCUT2D eigenvalue weighted by Crippen LogP contribution is 2.40. The van der Waals surface area contributed by atoms with E-state index in [2.05, 4.69) is 31.3 Å². The Morgan fingerprint density at radius 2 is 1.69 bits per heavy atom. The molecule has 13 heavy (non-hydrogen) atoms. The topological polar surface area (TPSA) is 12.5 Å². The van der Waals surface area contributed by atoms with Gasteiger partial charge in [0.25, 0.3) is 0 Å². The van der Waals surface area contributed by atoms with Crippen molar-refractivity contribution in [2.24, 2.45) is 0 Å². The molecule has 0 fully saturated rings. The third-order valence-corrected chi connectivity index (χ3v) is 4.63. The molecule has 0 aliphatic carbocycles. The molecule has 0 rings (SSSR count). The van der Waals surface area contributed by atoms with Crippen LogP contribution in [0, 0.1) is 0 Å². The molecule has 0 atom stereocenters. The summed E-state index contributed by atoms with van der Waals surface area (Å²) in [5.41, 5.74) is 0. The number of hydrogen-bond donors (Lipinski definition) is 0. The molecule has 0 N–H and O–H groups in total. The number of nitrogens with zero attached hydrogens (tertiary/aromatic N) is 1. The summed E-state index contributed by atoms with van der Waals surface area (Å²) in [5.74, 6) is 1.22. The Bertz CT molecular complexity index is 124. The Labute approximate surface area is 85.2 Å². The van der Waals surface area contributed by atoms with Gasteiger partial charge >= 0.3 is 0 Å². The lowest BCUT2D eigenvalue weighted by atomic mass is 10.4. The van der Waals surface area contributed by atoms with Crippen molar-refractivity contribution >= 4 is 10.3 Å². The summed E-state index contributed by atoms with van der Waals surface area (Å²) in [6.07, 6.45) is 5.72. The molecular weight excluding hydrogens is 182 g/mol. The van der Waals surface area contributed by atoms with Crippen LogP contribution in [0.5, 0.6) is 0 Å². The molecule has 0 unspecified atom stereocenters. The third kappa shape index (κ3) is 6.36. The van der Waals surface area contributed by atoms with Gasteiger partial charge in [-0.2, -0.15) is 0 Å². The van der Waals surface area contributed by atoms with Crippen molar-refractivity contribution in [3.63, 3.8) is 0 Å². The smallest absolute Gasteiger partial charge is 0.0481 e. The Morgan fingerprint density at radius 1 is 1.15 bits per heavy atom. The lowest BCUT2D eigenvalue weighted by Crippen LogP contribution is -2.25. The summed E-state index contributed by atoms with van der Waals surface area (Å²) >= 11 is 0. The van der Waals surface area contributed by atoms with Crippen LogP contribution in [-0.2, 0) is 4.18 Å². The van der Waals surface area contributed by atoms with Crippen molar-refractivity contribution < 1.29 is 4.18 Å². The van der Waals surface area contributed by atoms with Gasteiger partial charge in [-0.3, -0.25) is 0 Å². The van der Waals surface area contributed by atoms with E-state index in [0.717, 1.165) is 0 Å². The fraction of sp³-hybridized carbons (Fsp3) is 1.00. The Balaban J connectivity index is 3.54. The largest absolute Gasteiger partial charge is 0.340 e. The average molecular weight is 207 g/mol. The number of hydrogen-bond acceptors (Lipinski definition) is 2. The van der Waals surface area contributed by atoms with Crippen molar-refractivity contribution in [3.05, 3.63) is 0 Å². The third-order valence-electron chi connectivity index (χ3n) is 2.46. The SMILES string of the molecule is CCN(CC)CCCS(C)(C)OC. The first-order valence-electron chi connectivity index (χ1n) is 5.04. The Hall–Kier alpha value is 0.270. The highest BCUT2D eigenvalue weighted by atomic mass is 32.3. The summed E-state index contributed by atoms with van der Waals surface area (Å²) in [7, 11) is 1.07. The maximum atomic E-state index is 5.45. The highest BCUT2D eigenvalue weighted by molar-refractivity contribution is 8.28. The highest BCUT2D eigenvalue weighted by Gasteiger charge is 2.09. The molecule has 0 radical (unpaired) electrons. The van der Waals surface area contributed by atoms with Gasteiger partial charge in [-0.15, -0.1) is 10.3 Å². The number of rotatable bonds is 7. The van der Waals surface area contributed by atoms with Crippen LogP contribution >= 0.6 is 10.3 Å². The minimum Gasteiger partial charge on any atom is -0.340 e. The fourth-order valence-corrected chi connectivity index (χ4v) is 2.25. The quantitative estimate of drug-likeness (QED) is 0.635. The Morgan fingerprint density at radius 3 is 2.08 bits per heavy atom. The zero-order valence-corrected chi connectivity index (χ0v) is 10.6. The maximum Gasteiger partial charge on any atom is 0.0481 e. The standard InChI is InChI=1S/C10H25NOS/c1-6-11(7-2)9-8-10-13(4,5)12-3/h6-10H2,1-5H3. The monoisotopic (exact) mass is 207 g/mol. The first kappa shape index (κ1) is 13.3. The molecule has 0 saturated heterocycles. The van der Waals surface area contributed by atoms with E-state index in [0.29, 0.717) is 0 Å². The molecule has 0 heterocycles. The summed E-state index contributed by atoms with van der Waals surface area (Å²) in [4.78, 5) is 2.46. The molecule has 0 saturated carbocycles. The normalized spacial score (nSPS) is 13.7. The molecule has 3 heteroatoms. The molecule has 82 valence electrons.